The van der Waals surface area contributed by atoms with Gasteiger partial charge in [0, 0.05) is 22.9 Å². The molecule has 2 aliphatic carbocycles. The summed E-state index contributed by atoms with van der Waals surface area (Å²) in [4.78, 5) is 10.8. The molecule has 4 aromatic rings. The van der Waals surface area contributed by atoms with Gasteiger partial charge in [-0.15, -0.1) is 0 Å². The van der Waals surface area contributed by atoms with Crippen molar-refractivity contribution in [3.8, 4) is 23.0 Å². The zero-order chi connectivity index (χ0) is 45.5. The number of rotatable bonds is 8. The normalized spacial score (nSPS) is 16.0. The van der Waals surface area contributed by atoms with E-state index in [1.54, 1.807) is 58.8 Å². The van der Waals surface area contributed by atoms with Crippen LogP contribution in [-0.2, 0) is 20.0 Å². The number of primary sulfonamides is 2. The number of carbonyl (C=O) groups is 1. The molecule has 344 valence electrons. The number of methoxy groups -OCH3 is 4. The van der Waals surface area contributed by atoms with E-state index >= 15 is 0 Å². The van der Waals surface area contributed by atoms with Crippen molar-refractivity contribution < 1.29 is 40.6 Å². The minimum atomic E-state index is -3.74. The second kappa shape index (κ2) is 26.8. The molecule has 0 saturated carbocycles. The molecular formula is C44H58Cl3InN4O9S2. The monoisotopic (exact) mass is 1070 g/mol. The molecule has 19 heteroatoms. The molecule has 3 atom stereocenters. The van der Waals surface area contributed by atoms with E-state index < -0.39 is 37.9 Å². The van der Waals surface area contributed by atoms with Gasteiger partial charge in [-0.3, -0.25) is 4.79 Å². The van der Waals surface area contributed by atoms with Crippen LogP contribution in [0.4, 0.5) is 11.4 Å². The van der Waals surface area contributed by atoms with E-state index in [-0.39, 0.29) is 42.5 Å². The summed E-state index contributed by atoms with van der Waals surface area (Å²) < 4.78 is 66.0. The molecule has 1 heterocycles. The van der Waals surface area contributed by atoms with Crippen LogP contribution in [0.3, 0.4) is 0 Å². The predicted molar refractivity (Wildman–Crippen MR) is 260 cm³/mol. The van der Waals surface area contributed by atoms with Gasteiger partial charge >= 0.3 is 43.6 Å². The van der Waals surface area contributed by atoms with Crippen molar-refractivity contribution in [2.45, 2.75) is 63.3 Å². The van der Waals surface area contributed by atoms with Crippen LogP contribution in [0, 0.1) is 19.8 Å². The SMILES string of the molecule is C.C.C1=CCC=C1.COc1cc(C)c(C2Nc3ccc(S(N)(=O)=O)cc3C3C=CCC32)cc1OC.COc1cc(C)c(C=O)cc1OC.Nc1ccc(S(N)(=O)=O)cc1.[Cl][In]([Cl])[Cl]. The van der Waals surface area contributed by atoms with Crippen LogP contribution in [-0.4, -0.2) is 69.4 Å². The third-order valence-electron chi connectivity index (χ3n) is 9.53. The fraction of sp³-hybridized carbons (Fsp3) is 0.295. The first-order valence-corrected chi connectivity index (χ1v) is 34.0. The third kappa shape index (κ3) is 16.9. The van der Waals surface area contributed by atoms with Crippen LogP contribution in [0.2, 0.25) is 0 Å². The summed E-state index contributed by atoms with van der Waals surface area (Å²) in [6.45, 7) is 3.92. The second-order valence-corrected chi connectivity index (χ2v) is 31.3. The van der Waals surface area contributed by atoms with E-state index in [4.69, 9.17) is 60.7 Å². The van der Waals surface area contributed by atoms with Gasteiger partial charge in [0.05, 0.1) is 44.3 Å². The molecule has 0 bridgehead atoms. The first kappa shape index (κ1) is 57.1. The number of carbonyl (C=O) groups excluding carboxylic acids is 1. The molecule has 0 spiro atoms. The molecule has 4 aromatic carbocycles. The molecule has 0 saturated heterocycles. The first-order chi connectivity index (χ1) is 28.8. The number of aryl methyl sites for hydroxylation is 2. The van der Waals surface area contributed by atoms with Gasteiger partial charge in [-0.05, 0) is 122 Å². The zero-order valence-corrected chi connectivity index (χ0v) is 41.7. The van der Waals surface area contributed by atoms with E-state index in [0.29, 0.717) is 34.2 Å². The number of benzene rings is 4. The Kier molecular flexibility index (Phi) is 24.3. The number of ether oxygens (including phenoxy) is 4. The number of hydrogen-bond acceptors (Lipinski definition) is 11. The van der Waals surface area contributed by atoms with Gasteiger partial charge in [-0.25, -0.2) is 27.1 Å². The van der Waals surface area contributed by atoms with E-state index in [1.807, 2.05) is 19.1 Å². The molecule has 0 amide bonds. The van der Waals surface area contributed by atoms with Gasteiger partial charge in [0.15, 0.2) is 23.0 Å². The number of nitrogen functional groups attached to an aromatic ring is 1. The van der Waals surface area contributed by atoms with Crippen LogP contribution in [0.5, 0.6) is 23.0 Å². The topological polar surface area (TPSA) is 212 Å². The summed E-state index contributed by atoms with van der Waals surface area (Å²) in [6, 6.07) is 18.3. The summed E-state index contributed by atoms with van der Waals surface area (Å²) in [6.07, 6.45) is 15.5. The predicted octanol–water partition coefficient (Wildman–Crippen LogP) is 9.69. The van der Waals surface area contributed by atoms with Crippen molar-refractivity contribution in [1.29, 1.82) is 0 Å². The minimum absolute atomic E-state index is 0. The van der Waals surface area contributed by atoms with Crippen molar-refractivity contribution in [2.24, 2.45) is 16.2 Å². The molecule has 3 aliphatic rings. The van der Waals surface area contributed by atoms with Crippen molar-refractivity contribution in [3.05, 3.63) is 131 Å². The Bertz CT molecular complexity index is 2420. The van der Waals surface area contributed by atoms with Crippen molar-refractivity contribution in [3.63, 3.8) is 0 Å². The summed E-state index contributed by atoms with van der Waals surface area (Å²) in [5, 5.41) is 13.8. The fourth-order valence-corrected chi connectivity index (χ4v) is 7.63. The number of nitrogens with two attached hydrogens (primary N) is 3. The van der Waals surface area contributed by atoms with E-state index in [9.17, 15) is 21.6 Å². The van der Waals surface area contributed by atoms with Crippen molar-refractivity contribution >= 4 is 81.3 Å². The van der Waals surface area contributed by atoms with Crippen molar-refractivity contribution in [2.75, 3.05) is 39.5 Å². The van der Waals surface area contributed by atoms with E-state index in [1.165, 1.54) is 24.3 Å². The number of aldehydes is 1. The standard InChI is InChI=1S/C21H24N2O4S.C10H12O3.C6H8N2O2S.C5H6.2CH4.3ClH.In/c1-12-9-19(26-2)20(27-3)11-16(12)21-15-6-4-5-14(15)17-10-13(28(22,24)25)7-8-18(17)23-21;1-7-4-9(12-2)10(13-3)5-8(7)6-11;7-5-1-3-6(4-2-5)11(8,9)10;1-2-4-5-3-1;;;;;;/h4-5,7-11,14-15,21,23H,6H2,1-3H3,(H2,22,24,25);4-6H,1-3H3;1-4H,7H2,(H2,8,9,10);1-4H,5H2;2*1H4;3*1H;/q;;;;;;;;;+3/p-3. The van der Waals surface area contributed by atoms with Gasteiger partial charge in [0.25, 0.3) is 0 Å². The molecule has 0 radical (unpaired) electrons. The second-order valence-electron chi connectivity index (χ2n) is 13.5. The van der Waals surface area contributed by atoms with Crippen LogP contribution >= 0.6 is 25.7 Å². The Morgan fingerprint density at radius 2 is 1.16 bits per heavy atom. The Morgan fingerprint density at radius 1 is 0.683 bits per heavy atom. The molecule has 13 nitrogen and oxygen atoms in total. The molecular weight excluding hydrogens is 1010 g/mol. The maximum atomic E-state index is 11.8. The fourth-order valence-electron chi connectivity index (χ4n) is 6.56. The van der Waals surface area contributed by atoms with Crippen LogP contribution in [0.25, 0.3) is 0 Å². The number of halogens is 3. The summed E-state index contributed by atoms with van der Waals surface area (Å²) in [7, 11) is 14.1. The van der Waals surface area contributed by atoms with Gasteiger partial charge in [-0.1, -0.05) is 51.3 Å². The Balaban J connectivity index is 0.000000471. The maximum absolute atomic E-state index is 11.8. The average Bonchev–Trinajstić information content (AvgIpc) is 3.97. The molecule has 0 aromatic heterocycles. The van der Waals surface area contributed by atoms with Crippen LogP contribution in [0.15, 0.2) is 113 Å². The van der Waals surface area contributed by atoms with E-state index in [0.717, 1.165) is 47.1 Å². The molecule has 1 aliphatic heterocycles. The number of sulfonamides is 2. The first-order valence-electron chi connectivity index (χ1n) is 18.4. The summed E-state index contributed by atoms with van der Waals surface area (Å²) >= 11 is -2.22. The number of hydrogen-bond donors (Lipinski definition) is 4. The summed E-state index contributed by atoms with van der Waals surface area (Å²) in [5.74, 6) is 3.04. The van der Waals surface area contributed by atoms with Gasteiger partial charge in [0.1, 0.15) is 6.29 Å². The van der Waals surface area contributed by atoms with Gasteiger partial charge in [0.2, 0.25) is 20.0 Å². The number of nitrogens with one attached hydrogen (secondary N) is 1. The van der Waals surface area contributed by atoms with Gasteiger partial charge in [-0.2, -0.15) is 0 Å². The Hall–Kier alpha value is -3.87. The van der Waals surface area contributed by atoms with Gasteiger partial charge < -0.3 is 30.0 Å². The van der Waals surface area contributed by atoms with E-state index in [2.05, 4.69) is 48.7 Å². The number of fused-ring (bicyclic) bond motifs is 3. The number of anilines is 2. The van der Waals surface area contributed by atoms with Crippen molar-refractivity contribution in [1.82, 2.24) is 0 Å². The Labute approximate surface area is 391 Å². The molecule has 7 N–H and O–H groups in total. The molecule has 3 unspecified atom stereocenters. The zero-order valence-electron chi connectivity index (χ0n) is 34.5. The van der Waals surface area contributed by atoms with Crippen LogP contribution < -0.4 is 40.3 Å². The Morgan fingerprint density at radius 3 is 1.62 bits per heavy atom. The quantitative estimate of drug-likeness (QED) is 0.0741. The molecule has 7 rings (SSSR count). The van der Waals surface area contributed by atoms with Crippen LogP contribution in [0.1, 0.15) is 72.3 Å². The number of allylic oxidation sites excluding steroid dienone is 6. The molecule has 63 heavy (non-hydrogen) atoms. The average molecular weight is 1070 g/mol. The molecule has 0 fully saturated rings. The third-order valence-corrected chi connectivity index (χ3v) is 11.4. The summed E-state index contributed by atoms with van der Waals surface area (Å²) in [5.41, 5.74) is 11.5.